The van der Waals surface area contributed by atoms with Crippen molar-refractivity contribution in [3.05, 3.63) is 70.8 Å². The normalized spacial score (nSPS) is 14.2. The van der Waals surface area contributed by atoms with E-state index >= 15 is 0 Å². The molecule has 1 aromatic heterocycles. The maximum absolute atomic E-state index is 4.59. The van der Waals surface area contributed by atoms with Crippen LogP contribution in [-0.2, 0) is 6.42 Å². The van der Waals surface area contributed by atoms with Crippen molar-refractivity contribution in [2.24, 2.45) is 0 Å². The second kappa shape index (κ2) is 9.17. The molecule has 0 aliphatic carbocycles. The van der Waals surface area contributed by atoms with Crippen LogP contribution in [0.5, 0.6) is 0 Å². The molecule has 144 valence electrons. The summed E-state index contributed by atoms with van der Waals surface area (Å²) in [5.41, 5.74) is 3.33. The summed E-state index contributed by atoms with van der Waals surface area (Å²) in [4.78, 5) is 11.5. The van der Waals surface area contributed by atoms with E-state index in [0.29, 0.717) is 5.95 Å². The maximum atomic E-state index is 4.59. The molecule has 3 aromatic rings. The highest BCUT2D eigenvalue weighted by molar-refractivity contribution is 9.10. The van der Waals surface area contributed by atoms with Gasteiger partial charge in [-0.25, -0.2) is 4.98 Å². The standard InChI is InChI=1S/C22H24BrN5/c23-20-16-24-22(27-21(20)25-18-6-2-1-3-7-18)26-19-10-8-17(9-11-19)12-15-28-13-4-5-14-28/h1-3,6-11,16H,4-5,12-15H2,(H2,24,25,26,27). The number of aromatic nitrogens is 2. The molecule has 0 bridgehead atoms. The van der Waals surface area contributed by atoms with Gasteiger partial charge in [0.25, 0.3) is 0 Å². The summed E-state index contributed by atoms with van der Waals surface area (Å²) < 4.78 is 0.819. The van der Waals surface area contributed by atoms with Gasteiger partial charge in [-0.1, -0.05) is 30.3 Å². The van der Waals surface area contributed by atoms with Crippen LogP contribution in [-0.4, -0.2) is 34.5 Å². The molecule has 0 saturated carbocycles. The molecule has 1 aliphatic heterocycles. The van der Waals surface area contributed by atoms with Crippen molar-refractivity contribution in [1.82, 2.24) is 14.9 Å². The Kier molecular flexibility index (Phi) is 6.19. The van der Waals surface area contributed by atoms with Gasteiger partial charge in [-0.15, -0.1) is 0 Å². The number of likely N-dealkylation sites (tertiary alicyclic amines) is 1. The average Bonchev–Trinajstić information content (AvgIpc) is 3.24. The lowest BCUT2D eigenvalue weighted by molar-refractivity contribution is 0.343. The number of benzene rings is 2. The molecule has 6 heteroatoms. The van der Waals surface area contributed by atoms with Gasteiger partial charge in [0.2, 0.25) is 5.95 Å². The largest absolute Gasteiger partial charge is 0.339 e. The van der Waals surface area contributed by atoms with E-state index in [1.165, 1.54) is 31.5 Å². The van der Waals surface area contributed by atoms with Gasteiger partial charge in [-0.2, -0.15) is 4.98 Å². The summed E-state index contributed by atoms with van der Waals surface area (Å²) in [5, 5.41) is 6.60. The van der Waals surface area contributed by atoms with Crippen LogP contribution < -0.4 is 10.6 Å². The third-order valence-electron chi connectivity index (χ3n) is 4.91. The summed E-state index contributed by atoms with van der Waals surface area (Å²) in [7, 11) is 0. The zero-order valence-corrected chi connectivity index (χ0v) is 17.3. The molecule has 2 aromatic carbocycles. The van der Waals surface area contributed by atoms with Crippen molar-refractivity contribution in [3.63, 3.8) is 0 Å². The van der Waals surface area contributed by atoms with Gasteiger partial charge < -0.3 is 15.5 Å². The van der Waals surface area contributed by atoms with Gasteiger partial charge in [0.05, 0.1) is 4.47 Å². The number of hydrogen-bond acceptors (Lipinski definition) is 5. The number of rotatable bonds is 7. The predicted molar refractivity (Wildman–Crippen MR) is 119 cm³/mol. The van der Waals surface area contributed by atoms with Crippen LogP contribution in [0.4, 0.5) is 23.1 Å². The van der Waals surface area contributed by atoms with Crippen molar-refractivity contribution in [2.75, 3.05) is 30.3 Å². The fraction of sp³-hybridized carbons (Fsp3) is 0.273. The summed E-state index contributed by atoms with van der Waals surface area (Å²) in [6.45, 7) is 3.65. The minimum Gasteiger partial charge on any atom is -0.339 e. The Morgan fingerprint density at radius 3 is 2.36 bits per heavy atom. The smallest absolute Gasteiger partial charge is 0.229 e. The third-order valence-corrected chi connectivity index (χ3v) is 5.49. The first kappa shape index (κ1) is 18.9. The Balaban J connectivity index is 1.38. The Morgan fingerprint density at radius 2 is 1.61 bits per heavy atom. The number of halogens is 1. The van der Waals surface area contributed by atoms with E-state index in [1.54, 1.807) is 6.20 Å². The Morgan fingerprint density at radius 1 is 0.893 bits per heavy atom. The van der Waals surface area contributed by atoms with E-state index in [1.807, 2.05) is 30.3 Å². The zero-order valence-electron chi connectivity index (χ0n) is 15.7. The molecule has 0 radical (unpaired) electrons. The van der Waals surface area contributed by atoms with E-state index < -0.39 is 0 Å². The van der Waals surface area contributed by atoms with E-state index in [2.05, 4.69) is 65.7 Å². The summed E-state index contributed by atoms with van der Waals surface area (Å²) in [5.74, 6) is 1.29. The maximum Gasteiger partial charge on any atom is 0.229 e. The lowest BCUT2D eigenvalue weighted by Gasteiger charge is -2.14. The van der Waals surface area contributed by atoms with Crippen LogP contribution >= 0.6 is 15.9 Å². The Labute approximate surface area is 174 Å². The quantitative estimate of drug-likeness (QED) is 0.520. The van der Waals surface area contributed by atoms with Crippen molar-refractivity contribution in [1.29, 1.82) is 0 Å². The molecule has 1 fully saturated rings. The van der Waals surface area contributed by atoms with Crippen LogP contribution in [0.1, 0.15) is 18.4 Å². The molecule has 0 amide bonds. The van der Waals surface area contributed by atoms with Crippen LogP contribution in [0.25, 0.3) is 0 Å². The first-order valence-corrected chi connectivity index (χ1v) is 10.5. The van der Waals surface area contributed by atoms with Crippen LogP contribution in [0.2, 0.25) is 0 Å². The highest BCUT2D eigenvalue weighted by Crippen LogP contribution is 2.25. The summed E-state index contributed by atoms with van der Waals surface area (Å²) in [6.07, 6.45) is 5.54. The molecular weight excluding hydrogens is 414 g/mol. The minimum absolute atomic E-state index is 0.562. The number of nitrogens with zero attached hydrogens (tertiary/aromatic N) is 3. The number of para-hydroxylation sites is 1. The SMILES string of the molecule is Brc1cnc(Nc2ccc(CCN3CCCC3)cc2)nc1Nc1ccccc1. The van der Waals surface area contributed by atoms with E-state index in [9.17, 15) is 0 Å². The lowest BCUT2D eigenvalue weighted by atomic mass is 10.1. The van der Waals surface area contributed by atoms with Crippen molar-refractivity contribution in [3.8, 4) is 0 Å². The zero-order chi connectivity index (χ0) is 19.2. The molecule has 2 N–H and O–H groups in total. The van der Waals surface area contributed by atoms with E-state index in [0.717, 1.165) is 34.6 Å². The lowest BCUT2D eigenvalue weighted by Crippen LogP contribution is -2.21. The summed E-state index contributed by atoms with van der Waals surface area (Å²) >= 11 is 3.51. The second-order valence-electron chi connectivity index (χ2n) is 7.00. The monoisotopic (exact) mass is 437 g/mol. The van der Waals surface area contributed by atoms with Gasteiger partial charge in [-0.3, -0.25) is 0 Å². The van der Waals surface area contributed by atoms with E-state index in [-0.39, 0.29) is 0 Å². The first-order chi connectivity index (χ1) is 13.8. The van der Waals surface area contributed by atoms with Crippen LogP contribution in [0.3, 0.4) is 0 Å². The number of hydrogen-bond donors (Lipinski definition) is 2. The molecule has 0 unspecified atom stereocenters. The van der Waals surface area contributed by atoms with Gasteiger partial charge >= 0.3 is 0 Å². The Hall–Kier alpha value is -2.44. The fourth-order valence-corrected chi connectivity index (χ4v) is 3.64. The predicted octanol–water partition coefficient (Wildman–Crippen LogP) is 5.36. The van der Waals surface area contributed by atoms with Gasteiger partial charge in [0, 0.05) is 24.1 Å². The van der Waals surface area contributed by atoms with Crippen molar-refractivity contribution >= 4 is 39.1 Å². The summed E-state index contributed by atoms with van der Waals surface area (Å²) in [6, 6.07) is 18.5. The fourth-order valence-electron chi connectivity index (χ4n) is 3.35. The van der Waals surface area contributed by atoms with Crippen molar-refractivity contribution < 1.29 is 0 Å². The molecule has 1 saturated heterocycles. The topological polar surface area (TPSA) is 53.1 Å². The average molecular weight is 438 g/mol. The molecule has 1 aliphatic rings. The highest BCUT2D eigenvalue weighted by atomic mass is 79.9. The minimum atomic E-state index is 0.562. The number of anilines is 4. The van der Waals surface area contributed by atoms with Gasteiger partial charge in [0.1, 0.15) is 5.82 Å². The molecule has 0 spiro atoms. The molecular formula is C22H24BrN5. The van der Waals surface area contributed by atoms with Gasteiger partial charge in [0.15, 0.2) is 0 Å². The molecule has 5 nitrogen and oxygen atoms in total. The van der Waals surface area contributed by atoms with Crippen molar-refractivity contribution in [2.45, 2.75) is 19.3 Å². The van der Waals surface area contributed by atoms with E-state index in [4.69, 9.17) is 0 Å². The van der Waals surface area contributed by atoms with Gasteiger partial charge in [-0.05, 0) is 78.1 Å². The van der Waals surface area contributed by atoms with Crippen LogP contribution in [0, 0.1) is 0 Å². The molecule has 2 heterocycles. The second-order valence-corrected chi connectivity index (χ2v) is 7.86. The first-order valence-electron chi connectivity index (χ1n) is 9.69. The molecule has 28 heavy (non-hydrogen) atoms. The highest BCUT2D eigenvalue weighted by Gasteiger charge is 2.11. The Bertz CT molecular complexity index is 893. The molecule has 4 rings (SSSR count). The molecule has 0 atom stereocenters. The third kappa shape index (κ3) is 5.09. The van der Waals surface area contributed by atoms with Crippen LogP contribution in [0.15, 0.2) is 65.3 Å². The number of nitrogens with one attached hydrogen (secondary N) is 2.